The van der Waals surface area contributed by atoms with Crippen molar-refractivity contribution in [3.8, 4) is 0 Å². The van der Waals surface area contributed by atoms with Gasteiger partial charge in [-0.1, -0.05) is 30.3 Å². The van der Waals surface area contributed by atoms with E-state index in [4.69, 9.17) is 0 Å². The summed E-state index contributed by atoms with van der Waals surface area (Å²) in [6.07, 6.45) is 2.38. The molecule has 23 heavy (non-hydrogen) atoms. The molecule has 0 spiro atoms. The van der Waals surface area contributed by atoms with Gasteiger partial charge in [-0.05, 0) is 18.9 Å². The fourth-order valence-corrected chi connectivity index (χ4v) is 2.75. The Morgan fingerprint density at radius 1 is 1.30 bits per heavy atom. The van der Waals surface area contributed by atoms with Crippen molar-refractivity contribution in [2.75, 3.05) is 11.9 Å². The van der Waals surface area contributed by atoms with Crippen LogP contribution in [0, 0.1) is 5.92 Å². The molecule has 1 aromatic heterocycles. The van der Waals surface area contributed by atoms with Crippen molar-refractivity contribution in [2.24, 2.45) is 5.92 Å². The first-order valence-corrected chi connectivity index (χ1v) is 7.74. The second-order valence-electron chi connectivity index (χ2n) is 5.88. The molecule has 2 unspecified atom stereocenters. The molecule has 2 atom stereocenters. The Morgan fingerprint density at radius 2 is 2.09 bits per heavy atom. The summed E-state index contributed by atoms with van der Waals surface area (Å²) in [6.45, 7) is 2.79. The van der Waals surface area contributed by atoms with Crippen LogP contribution in [0.3, 0.4) is 0 Å². The van der Waals surface area contributed by atoms with Crippen molar-refractivity contribution in [3.63, 3.8) is 0 Å². The minimum absolute atomic E-state index is 0.0682. The second-order valence-corrected chi connectivity index (χ2v) is 5.88. The maximum absolute atomic E-state index is 12.2. The van der Waals surface area contributed by atoms with Crippen molar-refractivity contribution < 1.29 is 9.59 Å². The van der Waals surface area contributed by atoms with Crippen LogP contribution in [-0.2, 0) is 16.1 Å². The fourth-order valence-electron chi connectivity index (χ4n) is 2.75. The third-order valence-corrected chi connectivity index (χ3v) is 4.10. The van der Waals surface area contributed by atoms with Crippen LogP contribution >= 0.6 is 0 Å². The quantitative estimate of drug-likeness (QED) is 0.876. The third-order valence-electron chi connectivity index (χ3n) is 4.10. The fraction of sp³-hybridized carbons (Fsp3) is 0.353. The molecule has 2 heterocycles. The molecule has 120 valence electrons. The minimum atomic E-state index is -0.330. The Balaban J connectivity index is 1.57. The Labute approximate surface area is 134 Å². The van der Waals surface area contributed by atoms with Crippen molar-refractivity contribution in [2.45, 2.75) is 25.9 Å². The van der Waals surface area contributed by atoms with Gasteiger partial charge < -0.3 is 10.6 Å². The summed E-state index contributed by atoms with van der Waals surface area (Å²) in [5.74, 6) is 0.444. The van der Waals surface area contributed by atoms with Gasteiger partial charge in [-0.25, -0.2) is 0 Å². The third kappa shape index (κ3) is 3.84. The Bertz CT molecular complexity index is 696. The lowest BCUT2D eigenvalue weighted by Gasteiger charge is -2.09. The maximum atomic E-state index is 12.2. The Hall–Kier alpha value is -2.47. The number of nitrogens with zero attached hydrogens (tertiary/aromatic N) is 2. The SMILES string of the molecule is CC(=O)C1CNC(C(=O)Nc2ccn(Cc3ccccc3)n2)C1. The van der Waals surface area contributed by atoms with Gasteiger partial charge in [0, 0.05) is 24.7 Å². The standard InChI is InChI=1S/C17H20N4O2/c1-12(22)14-9-15(18-10-14)17(23)19-16-7-8-21(20-16)11-13-5-3-2-4-6-13/h2-8,14-15,18H,9-11H2,1H3,(H,19,20,23). The molecule has 0 bridgehead atoms. The van der Waals surface area contributed by atoms with Crippen LogP contribution in [0.25, 0.3) is 0 Å². The molecule has 1 aromatic carbocycles. The first-order chi connectivity index (χ1) is 11.1. The maximum Gasteiger partial charge on any atom is 0.242 e. The van der Waals surface area contributed by atoms with Crippen LogP contribution in [0.5, 0.6) is 0 Å². The highest BCUT2D eigenvalue weighted by Gasteiger charge is 2.31. The van der Waals surface area contributed by atoms with E-state index in [1.54, 1.807) is 17.7 Å². The summed E-state index contributed by atoms with van der Waals surface area (Å²) in [7, 11) is 0. The number of amides is 1. The molecule has 6 nitrogen and oxygen atoms in total. The highest BCUT2D eigenvalue weighted by atomic mass is 16.2. The zero-order chi connectivity index (χ0) is 16.2. The van der Waals surface area contributed by atoms with Gasteiger partial charge in [0.1, 0.15) is 5.78 Å². The molecule has 0 saturated carbocycles. The number of hydrogen-bond acceptors (Lipinski definition) is 4. The van der Waals surface area contributed by atoms with E-state index < -0.39 is 0 Å². The molecular weight excluding hydrogens is 292 g/mol. The van der Waals surface area contributed by atoms with E-state index in [9.17, 15) is 9.59 Å². The first-order valence-electron chi connectivity index (χ1n) is 7.74. The number of nitrogens with one attached hydrogen (secondary N) is 2. The van der Waals surface area contributed by atoms with Crippen molar-refractivity contribution in [1.29, 1.82) is 0 Å². The molecule has 1 aliphatic rings. The van der Waals surface area contributed by atoms with Gasteiger partial charge in [-0.2, -0.15) is 5.10 Å². The van der Waals surface area contributed by atoms with Gasteiger partial charge >= 0.3 is 0 Å². The zero-order valence-electron chi connectivity index (χ0n) is 13.0. The highest BCUT2D eigenvalue weighted by Crippen LogP contribution is 2.16. The van der Waals surface area contributed by atoms with Crippen molar-refractivity contribution >= 4 is 17.5 Å². The predicted molar refractivity (Wildman–Crippen MR) is 87.0 cm³/mol. The molecule has 2 N–H and O–H groups in total. The Morgan fingerprint density at radius 3 is 2.78 bits per heavy atom. The number of anilines is 1. The van der Waals surface area contributed by atoms with E-state index in [1.807, 2.05) is 36.5 Å². The molecule has 1 aliphatic heterocycles. The molecule has 1 fully saturated rings. The topological polar surface area (TPSA) is 76.0 Å². The van der Waals surface area contributed by atoms with Crippen molar-refractivity contribution in [1.82, 2.24) is 15.1 Å². The number of aromatic nitrogens is 2. The van der Waals surface area contributed by atoms with E-state index in [-0.39, 0.29) is 23.7 Å². The molecule has 6 heteroatoms. The number of carbonyl (C=O) groups excluding carboxylic acids is 2. The van der Waals surface area contributed by atoms with Crippen LogP contribution in [0.2, 0.25) is 0 Å². The molecule has 2 aromatic rings. The predicted octanol–water partition coefficient (Wildman–Crippen LogP) is 1.44. The van der Waals surface area contributed by atoms with Crippen LogP contribution in [0.1, 0.15) is 18.9 Å². The monoisotopic (exact) mass is 312 g/mol. The first kappa shape index (κ1) is 15.4. The average Bonchev–Trinajstić information content (AvgIpc) is 3.18. The van der Waals surface area contributed by atoms with Crippen molar-refractivity contribution in [3.05, 3.63) is 48.2 Å². The molecular formula is C17H20N4O2. The van der Waals surface area contributed by atoms with Crippen LogP contribution in [0.15, 0.2) is 42.6 Å². The Kier molecular flexibility index (Phi) is 4.52. The van der Waals surface area contributed by atoms with Gasteiger partial charge in [-0.3, -0.25) is 14.3 Å². The number of ketones is 1. The summed E-state index contributed by atoms with van der Waals surface area (Å²) in [4.78, 5) is 23.6. The van der Waals surface area contributed by atoms with Gasteiger partial charge in [0.25, 0.3) is 0 Å². The summed E-state index contributed by atoms with van der Waals surface area (Å²) >= 11 is 0. The second kappa shape index (κ2) is 6.75. The highest BCUT2D eigenvalue weighted by molar-refractivity contribution is 5.95. The van der Waals surface area contributed by atoms with E-state index in [0.717, 1.165) is 5.56 Å². The number of Topliss-reactive ketones (excluding diaryl/α,β-unsaturated/α-hetero) is 1. The normalized spacial score (nSPS) is 20.4. The zero-order valence-corrected chi connectivity index (χ0v) is 13.0. The van der Waals surface area contributed by atoms with E-state index in [0.29, 0.717) is 25.3 Å². The number of rotatable bonds is 5. The lowest BCUT2D eigenvalue weighted by Crippen LogP contribution is -2.35. The van der Waals surface area contributed by atoms with Gasteiger partial charge in [-0.15, -0.1) is 0 Å². The lowest BCUT2D eigenvalue weighted by atomic mass is 10.0. The number of carbonyl (C=O) groups is 2. The van der Waals surface area contributed by atoms with E-state index in [2.05, 4.69) is 15.7 Å². The van der Waals surface area contributed by atoms with E-state index >= 15 is 0 Å². The number of benzene rings is 1. The van der Waals surface area contributed by atoms with Crippen LogP contribution in [0.4, 0.5) is 5.82 Å². The summed E-state index contributed by atoms with van der Waals surface area (Å²) in [5, 5.41) is 10.3. The van der Waals surface area contributed by atoms with Gasteiger partial charge in [0.15, 0.2) is 5.82 Å². The summed E-state index contributed by atoms with van der Waals surface area (Å²) in [5.41, 5.74) is 1.15. The van der Waals surface area contributed by atoms with Gasteiger partial charge in [0.2, 0.25) is 5.91 Å². The largest absolute Gasteiger partial charge is 0.308 e. The minimum Gasteiger partial charge on any atom is -0.308 e. The smallest absolute Gasteiger partial charge is 0.242 e. The molecule has 1 amide bonds. The molecule has 3 rings (SSSR count). The summed E-state index contributed by atoms with van der Waals surface area (Å²) < 4.78 is 1.78. The molecule has 0 aliphatic carbocycles. The van der Waals surface area contributed by atoms with E-state index in [1.165, 1.54) is 0 Å². The van der Waals surface area contributed by atoms with Gasteiger partial charge in [0.05, 0.1) is 12.6 Å². The lowest BCUT2D eigenvalue weighted by molar-refractivity contribution is -0.120. The molecule has 0 radical (unpaired) electrons. The summed E-state index contributed by atoms with van der Waals surface area (Å²) in [6, 6.07) is 11.5. The molecule has 1 saturated heterocycles. The number of hydrogen-bond donors (Lipinski definition) is 2. The van der Waals surface area contributed by atoms with Crippen LogP contribution in [-0.4, -0.2) is 34.1 Å². The van der Waals surface area contributed by atoms with Crippen LogP contribution < -0.4 is 10.6 Å². The average molecular weight is 312 g/mol.